The van der Waals surface area contributed by atoms with Crippen molar-refractivity contribution in [3.8, 4) is 0 Å². The second kappa shape index (κ2) is 4.06. The Morgan fingerprint density at radius 3 is 2.62 bits per heavy atom. The van der Waals surface area contributed by atoms with E-state index in [0.29, 0.717) is 16.9 Å². The maximum absolute atomic E-state index is 12.3. The van der Waals surface area contributed by atoms with Gasteiger partial charge >= 0.3 is 0 Å². The van der Waals surface area contributed by atoms with Gasteiger partial charge in [-0.1, -0.05) is 0 Å². The number of nitrogen functional groups attached to an aromatic ring is 1. The van der Waals surface area contributed by atoms with Crippen molar-refractivity contribution in [2.75, 3.05) is 5.73 Å². The Morgan fingerprint density at radius 1 is 1.31 bits per heavy atom. The fourth-order valence-electron chi connectivity index (χ4n) is 1.60. The number of aromatic nitrogens is 1. The molecule has 0 aliphatic heterocycles. The second-order valence-electron chi connectivity index (χ2n) is 3.69. The zero-order valence-electron chi connectivity index (χ0n) is 9.15. The number of carbonyl (C=O) groups is 1. The van der Waals surface area contributed by atoms with Crippen molar-refractivity contribution >= 4 is 22.9 Å². The normalized spacial score (nSPS) is 10.4. The molecule has 0 aromatic carbocycles. The Kier molecular flexibility index (Phi) is 2.75. The van der Waals surface area contributed by atoms with E-state index in [0.717, 1.165) is 11.1 Å². The van der Waals surface area contributed by atoms with Gasteiger partial charge in [0, 0.05) is 17.1 Å². The number of carbonyl (C=O) groups excluding carboxylic acids is 1. The van der Waals surface area contributed by atoms with E-state index >= 15 is 0 Å². The summed E-state index contributed by atoms with van der Waals surface area (Å²) in [6, 6.07) is 1.80. The van der Waals surface area contributed by atoms with Crippen molar-refractivity contribution in [1.82, 2.24) is 4.98 Å². The highest BCUT2D eigenvalue weighted by Crippen LogP contribution is 2.22. The Bertz CT molecular complexity index is 525. The van der Waals surface area contributed by atoms with Crippen LogP contribution < -0.4 is 5.73 Å². The number of hydrogen-bond acceptors (Lipinski definition) is 4. The predicted molar refractivity (Wildman–Crippen MR) is 65.9 cm³/mol. The van der Waals surface area contributed by atoms with Gasteiger partial charge in [-0.25, -0.2) is 4.98 Å². The molecule has 3 nitrogen and oxygen atoms in total. The number of nitrogens with two attached hydrogens (primary N) is 1. The molecular weight excluding hydrogens is 220 g/mol. The highest BCUT2D eigenvalue weighted by molar-refractivity contribution is 7.08. The first-order chi connectivity index (χ1) is 7.61. The number of ketones is 1. The van der Waals surface area contributed by atoms with Crippen LogP contribution in [0, 0.1) is 13.8 Å². The minimum Gasteiger partial charge on any atom is -0.383 e. The summed E-state index contributed by atoms with van der Waals surface area (Å²) in [5.41, 5.74) is 8.83. The largest absolute Gasteiger partial charge is 0.383 e. The van der Waals surface area contributed by atoms with Gasteiger partial charge in [0.15, 0.2) is 5.78 Å². The van der Waals surface area contributed by atoms with Crippen LogP contribution in [0.4, 0.5) is 5.82 Å². The predicted octanol–water partition coefficient (Wildman–Crippen LogP) is 2.57. The molecule has 2 heterocycles. The summed E-state index contributed by atoms with van der Waals surface area (Å²) < 4.78 is 0. The van der Waals surface area contributed by atoms with Gasteiger partial charge in [-0.15, -0.1) is 0 Å². The number of thiophene rings is 1. The second-order valence-corrected chi connectivity index (χ2v) is 4.43. The van der Waals surface area contributed by atoms with Crippen LogP contribution in [0.15, 0.2) is 23.0 Å². The lowest BCUT2D eigenvalue weighted by atomic mass is 10.00. The van der Waals surface area contributed by atoms with Gasteiger partial charge in [-0.3, -0.25) is 4.79 Å². The van der Waals surface area contributed by atoms with Crippen LogP contribution in [-0.2, 0) is 0 Å². The van der Waals surface area contributed by atoms with E-state index in [-0.39, 0.29) is 5.78 Å². The monoisotopic (exact) mass is 232 g/mol. The number of rotatable bonds is 2. The molecule has 16 heavy (non-hydrogen) atoms. The number of pyridine rings is 1. The highest BCUT2D eigenvalue weighted by Gasteiger charge is 2.17. The van der Waals surface area contributed by atoms with E-state index in [4.69, 9.17) is 5.73 Å². The maximum atomic E-state index is 12.3. The van der Waals surface area contributed by atoms with Crippen molar-refractivity contribution in [1.29, 1.82) is 0 Å². The fourth-order valence-corrected chi connectivity index (χ4v) is 2.43. The van der Waals surface area contributed by atoms with Gasteiger partial charge in [0.1, 0.15) is 5.82 Å². The topological polar surface area (TPSA) is 56.0 Å². The lowest BCUT2D eigenvalue weighted by Gasteiger charge is -2.06. The average Bonchev–Trinajstić information content (AvgIpc) is 2.64. The number of anilines is 1. The number of nitrogens with zero attached hydrogens (tertiary/aromatic N) is 1. The van der Waals surface area contributed by atoms with Crippen LogP contribution in [0.2, 0.25) is 0 Å². The van der Waals surface area contributed by atoms with Crippen LogP contribution in [0.1, 0.15) is 27.0 Å². The van der Waals surface area contributed by atoms with Gasteiger partial charge < -0.3 is 5.73 Å². The minimum absolute atomic E-state index is 0.0400. The number of hydrogen-bond donors (Lipinski definition) is 1. The van der Waals surface area contributed by atoms with E-state index < -0.39 is 0 Å². The Morgan fingerprint density at radius 2 is 2.06 bits per heavy atom. The summed E-state index contributed by atoms with van der Waals surface area (Å²) in [5, 5.41) is 3.80. The lowest BCUT2D eigenvalue weighted by molar-refractivity contribution is 0.103. The van der Waals surface area contributed by atoms with E-state index in [1.165, 1.54) is 11.3 Å². The van der Waals surface area contributed by atoms with E-state index in [1.54, 1.807) is 12.3 Å². The standard InChI is InChI=1S/C12H12N2OS/c1-7-3-4-14-12(13)10(7)11(15)9-6-16-5-8(9)2/h3-6H,1-2H3,(H2,13,14). The molecule has 0 saturated carbocycles. The molecule has 0 aliphatic carbocycles. The third kappa shape index (κ3) is 1.72. The molecule has 0 unspecified atom stereocenters. The molecule has 0 radical (unpaired) electrons. The Hall–Kier alpha value is -1.68. The molecule has 2 rings (SSSR count). The summed E-state index contributed by atoms with van der Waals surface area (Å²) in [5.74, 6) is 0.262. The number of aryl methyl sites for hydroxylation is 2. The van der Waals surface area contributed by atoms with Crippen molar-refractivity contribution in [2.45, 2.75) is 13.8 Å². The van der Waals surface area contributed by atoms with Crippen molar-refractivity contribution in [2.24, 2.45) is 0 Å². The molecule has 0 amide bonds. The smallest absolute Gasteiger partial charge is 0.198 e. The molecule has 2 aromatic rings. The molecule has 2 aromatic heterocycles. The summed E-state index contributed by atoms with van der Waals surface area (Å²) in [4.78, 5) is 16.2. The maximum Gasteiger partial charge on any atom is 0.198 e. The fraction of sp³-hybridized carbons (Fsp3) is 0.167. The van der Waals surface area contributed by atoms with Crippen LogP contribution in [-0.4, -0.2) is 10.8 Å². The van der Waals surface area contributed by atoms with E-state index in [9.17, 15) is 4.79 Å². The SMILES string of the molecule is Cc1cscc1C(=O)c1c(C)ccnc1N. The molecule has 0 saturated heterocycles. The summed E-state index contributed by atoms with van der Waals surface area (Å²) in [6.07, 6.45) is 1.61. The zero-order chi connectivity index (χ0) is 11.7. The molecule has 4 heteroatoms. The molecule has 0 atom stereocenters. The lowest BCUT2D eigenvalue weighted by Crippen LogP contribution is -2.09. The third-order valence-corrected chi connectivity index (χ3v) is 3.38. The van der Waals surface area contributed by atoms with Crippen LogP contribution >= 0.6 is 11.3 Å². The minimum atomic E-state index is -0.0400. The molecule has 0 aliphatic rings. The van der Waals surface area contributed by atoms with Gasteiger partial charge in [-0.05, 0) is 36.4 Å². The van der Waals surface area contributed by atoms with Crippen molar-refractivity contribution in [3.05, 3.63) is 45.3 Å². The summed E-state index contributed by atoms with van der Waals surface area (Å²) in [6.45, 7) is 3.79. The molecular formula is C12H12N2OS. The molecule has 2 N–H and O–H groups in total. The molecule has 0 fully saturated rings. The summed E-state index contributed by atoms with van der Waals surface area (Å²) in [7, 11) is 0. The molecule has 82 valence electrons. The van der Waals surface area contributed by atoms with Crippen LogP contribution in [0.5, 0.6) is 0 Å². The van der Waals surface area contributed by atoms with E-state index in [1.807, 2.05) is 24.6 Å². The Balaban J connectivity index is 2.54. The van der Waals surface area contributed by atoms with Crippen LogP contribution in [0.25, 0.3) is 0 Å². The quantitative estimate of drug-likeness (QED) is 0.810. The highest BCUT2D eigenvalue weighted by atomic mass is 32.1. The van der Waals surface area contributed by atoms with Gasteiger partial charge in [-0.2, -0.15) is 11.3 Å². The van der Waals surface area contributed by atoms with Gasteiger partial charge in [0.2, 0.25) is 0 Å². The van der Waals surface area contributed by atoms with Crippen molar-refractivity contribution in [3.63, 3.8) is 0 Å². The Labute approximate surface area is 97.9 Å². The average molecular weight is 232 g/mol. The van der Waals surface area contributed by atoms with Gasteiger partial charge in [0.05, 0.1) is 5.56 Å². The molecule has 0 bridgehead atoms. The first-order valence-electron chi connectivity index (χ1n) is 4.90. The van der Waals surface area contributed by atoms with Crippen LogP contribution in [0.3, 0.4) is 0 Å². The van der Waals surface area contributed by atoms with E-state index in [2.05, 4.69) is 4.98 Å². The third-order valence-electron chi connectivity index (χ3n) is 2.52. The van der Waals surface area contributed by atoms with Crippen molar-refractivity contribution < 1.29 is 4.79 Å². The van der Waals surface area contributed by atoms with Gasteiger partial charge in [0.25, 0.3) is 0 Å². The molecule has 0 spiro atoms. The first kappa shape index (κ1) is 10.8. The summed E-state index contributed by atoms with van der Waals surface area (Å²) >= 11 is 1.52. The first-order valence-corrected chi connectivity index (χ1v) is 5.84. The zero-order valence-corrected chi connectivity index (χ0v) is 9.97.